The van der Waals surface area contributed by atoms with Gasteiger partial charge >= 0.3 is 6.03 Å². The Morgan fingerprint density at radius 2 is 1.96 bits per heavy atom. The Bertz CT molecular complexity index is 764. The van der Waals surface area contributed by atoms with Gasteiger partial charge in [0.1, 0.15) is 5.37 Å². The first-order chi connectivity index (χ1) is 12.7. The van der Waals surface area contributed by atoms with E-state index in [9.17, 15) is 4.79 Å². The number of thioether (sulfide) groups is 1. The van der Waals surface area contributed by atoms with E-state index in [0.717, 1.165) is 23.4 Å². The van der Waals surface area contributed by atoms with Crippen molar-refractivity contribution in [3.05, 3.63) is 53.6 Å². The minimum Gasteiger partial charge on any atom is -0.493 e. The van der Waals surface area contributed by atoms with Crippen LogP contribution in [0, 0.1) is 0 Å². The maximum atomic E-state index is 12.8. The fourth-order valence-electron chi connectivity index (χ4n) is 3.06. The zero-order chi connectivity index (χ0) is 18.5. The second kappa shape index (κ2) is 8.36. The van der Waals surface area contributed by atoms with Crippen LogP contribution in [-0.2, 0) is 6.42 Å². The lowest BCUT2D eigenvalue weighted by atomic mass is 10.1. The van der Waals surface area contributed by atoms with Crippen molar-refractivity contribution in [2.45, 2.75) is 18.7 Å². The third kappa shape index (κ3) is 3.75. The van der Waals surface area contributed by atoms with E-state index in [4.69, 9.17) is 9.47 Å². The third-order valence-corrected chi connectivity index (χ3v) is 5.71. The number of para-hydroxylation sites is 1. The Kier molecular flexibility index (Phi) is 5.93. The largest absolute Gasteiger partial charge is 0.493 e. The molecule has 0 saturated carbocycles. The summed E-state index contributed by atoms with van der Waals surface area (Å²) < 4.78 is 11.0. The van der Waals surface area contributed by atoms with E-state index < -0.39 is 0 Å². The van der Waals surface area contributed by atoms with Crippen molar-refractivity contribution in [1.82, 2.24) is 4.90 Å². The number of rotatable bonds is 5. The summed E-state index contributed by atoms with van der Waals surface area (Å²) in [7, 11) is 3.24. The molecule has 0 radical (unpaired) electrons. The van der Waals surface area contributed by atoms with Gasteiger partial charge in [-0.15, -0.1) is 11.8 Å². The van der Waals surface area contributed by atoms with Gasteiger partial charge < -0.3 is 19.7 Å². The predicted octanol–water partition coefficient (Wildman–Crippen LogP) is 4.55. The highest BCUT2D eigenvalue weighted by atomic mass is 32.2. The van der Waals surface area contributed by atoms with Gasteiger partial charge in [0.05, 0.1) is 14.2 Å². The number of methoxy groups -OCH3 is 2. The number of benzene rings is 2. The first-order valence-corrected chi connectivity index (χ1v) is 9.71. The normalized spacial score (nSPS) is 16.4. The monoisotopic (exact) mass is 372 g/mol. The molecular weight excluding hydrogens is 348 g/mol. The van der Waals surface area contributed by atoms with E-state index in [2.05, 4.69) is 12.2 Å². The smallest absolute Gasteiger partial charge is 0.323 e. The van der Waals surface area contributed by atoms with Crippen LogP contribution in [0.25, 0.3) is 0 Å². The Hall–Kier alpha value is -2.34. The SMILES string of the molecule is CCc1ccc(NC(=O)N2CCS[C@@H]2c2cccc(OC)c2OC)cc1. The zero-order valence-corrected chi connectivity index (χ0v) is 16.1. The fraction of sp³-hybridized carbons (Fsp3) is 0.350. The van der Waals surface area contributed by atoms with E-state index in [1.807, 2.05) is 47.4 Å². The van der Waals surface area contributed by atoms with Gasteiger partial charge in [0, 0.05) is 23.5 Å². The summed E-state index contributed by atoms with van der Waals surface area (Å²) in [6.07, 6.45) is 0.981. The van der Waals surface area contributed by atoms with Gasteiger partial charge in [-0.3, -0.25) is 0 Å². The second-order valence-corrected chi connectivity index (χ2v) is 7.17. The van der Waals surface area contributed by atoms with Crippen molar-refractivity contribution in [3.63, 3.8) is 0 Å². The Morgan fingerprint density at radius 1 is 1.19 bits per heavy atom. The van der Waals surface area contributed by atoms with Crippen molar-refractivity contribution in [2.24, 2.45) is 0 Å². The fourth-order valence-corrected chi connectivity index (χ4v) is 4.33. The highest BCUT2D eigenvalue weighted by Gasteiger charge is 2.33. The standard InChI is InChI=1S/C20H24N2O3S/c1-4-14-8-10-15(11-9-14)21-20(23)22-12-13-26-19(22)16-6-5-7-17(24-2)18(16)25-3/h5-11,19H,4,12-13H2,1-3H3,(H,21,23)/t19-/m1/s1. The van der Waals surface area contributed by atoms with E-state index in [1.54, 1.807) is 26.0 Å². The molecule has 138 valence electrons. The molecule has 5 nitrogen and oxygen atoms in total. The Balaban J connectivity index is 1.80. The van der Waals surface area contributed by atoms with Gasteiger partial charge in [0.25, 0.3) is 0 Å². The molecule has 0 unspecified atom stereocenters. The van der Waals surface area contributed by atoms with Crippen molar-refractivity contribution in [2.75, 3.05) is 31.8 Å². The molecule has 1 fully saturated rings. The molecule has 0 aliphatic carbocycles. The van der Waals surface area contributed by atoms with Crippen LogP contribution in [0.3, 0.4) is 0 Å². The number of hydrogen-bond acceptors (Lipinski definition) is 4. The second-order valence-electron chi connectivity index (χ2n) is 5.98. The molecule has 1 aliphatic rings. The summed E-state index contributed by atoms with van der Waals surface area (Å²) in [6.45, 7) is 2.80. The maximum Gasteiger partial charge on any atom is 0.323 e. The topological polar surface area (TPSA) is 50.8 Å². The number of carbonyl (C=O) groups is 1. The van der Waals surface area contributed by atoms with E-state index in [-0.39, 0.29) is 11.4 Å². The number of nitrogens with one attached hydrogen (secondary N) is 1. The summed E-state index contributed by atoms with van der Waals surface area (Å²) in [5, 5.41) is 2.90. The van der Waals surface area contributed by atoms with Crippen molar-refractivity contribution < 1.29 is 14.3 Å². The van der Waals surface area contributed by atoms with Crippen LogP contribution in [0.4, 0.5) is 10.5 Å². The number of amides is 2. The number of anilines is 1. The van der Waals surface area contributed by atoms with Gasteiger partial charge in [-0.25, -0.2) is 4.79 Å². The number of ether oxygens (including phenoxy) is 2. The minimum absolute atomic E-state index is 0.102. The lowest BCUT2D eigenvalue weighted by Crippen LogP contribution is -2.34. The number of hydrogen-bond donors (Lipinski definition) is 1. The first kappa shape index (κ1) is 18.5. The number of carbonyl (C=O) groups excluding carboxylic acids is 1. The van der Waals surface area contributed by atoms with E-state index in [0.29, 0.717) is 18.0 Å². The number of aryl methyl sites for hydroxylation is 1. The summed E-state index contributed by atoms with van der Waals surface area (Å²) in [5.41, 5.74) is 3.00. The predicted molar refractivity (Wildman–Crippen MR) is 106 cm³/mol. The van der Waals surface area contributed by atoms with Gasteiger partial charge in [-0.1, -0.05) is 31.2 Å². The number of urea groups is 1. The summed E-state index contributed by atoms with van der Waals surface area (Å²) in [5.74, 6) is 2.24. The summed E-state index contributed by atoms with van der Waals surface area (Å²) >= 11 is 1.73. The Morgan fingerprint density at radius 3 is 2.62 bits per heavy atom. The molecule has 1 N–H and O–H groups in total. The highest BCUT2D eigenvalue weighted by Crippen LogP contribution is 2.45. The van der Waals surface area contributed by atoms with E-state index in [1.165, 1.54) is 5.56 Å². The summed E-state index contributed by atoms with van der Waals surface area (Å²) in [4.78, 5) is 14.7. The van der Waals surface area contributed by atoms with Crippen LogP contribution in [0.5, 0.6) is 11.5 Å². The van der Waals surface area contributed by atoms with Crippen molar-refractivity contribution >= 4 is 23.5 Å². The van der Waals surface area contributed by atoms with Crippen LogP contribution in [0.1, 0.15) is 23.4 Å². The molecule has 26 heavy (non-hydrogen) atoms. The van der Waals surface area contributed by atoms with Crippen LogP contribution < -0.4 is 14.8 Å². The first-order valence-electron chi connectivity index (χ1n) is 8.67. The summed E-state index contributed by atoms with van der Waals surface area (Å²) in [6, 6.07) is 13.6. The molecule has 1 heterocycles. The molecular formula is C20H24N2O3S. The molecule has 0 bridgehead atoms. The van der Waals surface area contributed by atoms with Crippen LogP contribution in [0.15, 0.2) is 42.5 Å². The minimum atomic E-state index is -0.103. The molecule has 6 heteroatoms. The van der Waals surface area contributed by atoms with Crippen LogP contribution in [0.2, 0.25) is 0 Å². The molecule has 2 aromatic carbocycles. The average Bonchev–Trinajstić information content (AvgIpc) is 3.17. The molecule has 1 saturated heterocycles. The molecule has 1 atom stereocenters. The quantitative estimate of drug-likeness (QED) is 0.837. The van der Waals surface area contributed by atoms with E-state index >= 15 is 0 Å². The lowest BCUT2D eigenvalue weighted by molar-refractivity contribution is 0.213. The van der Waals surface area contributed by atoms with Crippen molar-refractivity contribution in [1.29, 1.82) is 0 Å². The third-order valence-electron chi connectivity index (χ3n) is 4.46. The zero-order valence-electron chi connectivity index (χ0n) is 15.3. The molecule has 3 rings (SSSR count). The maximum absolute atomic E-state index is 12.8. The molecule has 0 spiro atoms. The van der Waals surface area contributed by atoms with Gasteiger partial charge in [0.15, 0.2) is 11.5 Å². The van der Waals surface area contributed by atoms with Crippen LogP contribution in [-0.4, -0.2) is 37.4 Å². The van der Waals surface area contributed by atoms with Gasteiger partial charge in [0.2, 0.25) is 0 Å². The van der Waals surface area contributed by atoms with Gasteiger partial charge in [-0.2, -0.15) is 0 Å². The molecule has 1 aliphatic heterocycles. The lowest BCUT2D eigenvalue weighted by Gasteiger charge is -2.26. The highest BCUT2D eigenvalue weighted by molar-refractivity contribution is 7.99. The molecule has 2 amide bonds. The van der Waals surface area contributed by atoms with Gasteiger partial charge in [-0.05, 0) is 30.2 Å². The Labute approximate surface area is 158 Å². The number of nitrogens with zero attached hydrogens (tertiary/aromatic N) is 1. The van der Waals surface area contributed by atoms with Crippen molar-refractivity contribution in [3.8, 4) is 11.5 Å². The molecule has 2 aromatic rings. The molecule has 0 aromatic heterocycles. The van der Waals surface area contributed by atoms with Crippen LogP contribution >= 0.6 is 11.8 Å². The average molecular weight is 372 g/mol.